The number of nitrogens with one attached hydrogen (secondary N) is 1. The number of hydrogen-bond acceptors (Lipinski definition) is 4. The molecule has 1 aromatic heterocycles. The number of anilines is 1. The van der Waals surface area contributed by atoms with Gasteiger partial charge in [0.25, 0.3) is 11.8 Å². The van der Waals surface area contributed by atoms with Gasteiger partial charge in [0, 0.05) is 25.3 Å². The summed E-state index contributed by atoms with van der Waals surface area (Å²) < 4.78 is 7.27. The molecule has 3 heterocycles. The lowest BCUT2D eigenvalue weighted by Crippen LogP contribution is -2.42. The number of fused-ring (bicyclic) bond motifs is 1. The van der Waals surface area contributed by atoms with E-state index in [0.717, 1.165) is 42.8 Å². The summed E-state index contributed by atoms with van der Waals surface area (Å²) in [6, 6.07) is 7.64. The minimum Gasteiger partial charge on any atom is -0.378 e. The van der Waals surface area contributed by atoms with Gasteiger partial charge in [0.05, 0.1) is 18.9 Å². The molecule has 0 spiro atoms. The monoisotopic (exact) mass is 368 g/mol. The average molecular weight is 368 g/mol. The van der Waals surface area contributed by atoms with Gasteiger partial charge in [-0.2, -0.15) is 0 Å². The summed E-state index contributed by atoms with van der Waals surface area (Å²) in [4.78, 5) is 32.2. The smallest absolute Gasteiger partial charge is 0.290 e. The third-order valence-electron chi connectivity index (χ3n) is 5.22. The van der Waals surface area contributed by atoms with Gasteiger partial charge in [-0.25, -0.2) is 4.98 Å². The number of aromatic nitrogens is 2. The van der Waals surface area contributed by atoms with Crippen LogP contribution in [0.2, 0.25) is 0 Å². The normalized spacial score (nSPS) is 16.7. The maximum atomic E-state index is 13.0. The highest BCUT2D eigenvalue weighted by Crippen LogP contribution is 2.24. The highest BCUT2D eigenvalue weighted by Gasteiger charge is 2.30. The Hall–Kier alpha value is -2.67. The van der Waals surface area contributed by atoms with Crippen LogP contribution >= 0.6 is 0 Å². The number of carbonyl (C=O) groups is 2. The lowest BCUT2D eigenvalue weighted by atomic mass is 10.1. The van der Waals surface area contributed by atoms with E-state index in [9.17, 15) is 9.59 Å². The van der Waals surface area contributed by atoms with Crippen molar-refractivity contribution in [3.63, 3.8) is 0 Å². The number of benzene rings is 1. The van der Waals surface area contributed by atoms with Crippen LogP contribution in [0.3, 0.4) is 0 Å². The van der Waals surface area contributed by atoms with Crippen molar-refractivity contribution >= 4 is 17.5 Å². The zero-order chi connectivity index (χ0) is 18.8. The van der Waals surface area contributed by atoms with Crippen molar-refractivity contribution in [2.75, 3.05) is 31.6 Å². The fraction of sp³-hybridized carbons (Fsp3) is 0.450. The second-order valence-electron chi connectivity index (χ2n) is 7.01. The van der Waals surface area contributed by atoms with E-state index in [0.29, 0.717) is 37.8 Å². The van der Waals surface area contributed by atoms with Crippen molar-refractivity contribution in [3.8, 4) is 0 Å². The van der Waals surface area contributed by atoms with Crippen LogP contribution in [0.5, 0.6) is 0 Å². The molecule has 2 aliphatic heterocycles. The lowest BCUT2D eigenvalue weighted by Gasteiger charge is -2.27. The van der Waals surface area contributed by atoms with Crippen molar-refractivity contribution in [3.05, 3.63) is 47.0 Å². The Labute approximate surface area is 158 Å². The third kappa shape index (κ3) is 3.47. The number of carbonyl (C=O) groups excluding carboxylic acids is 2. The van der Waals surface area contributed by atoms with Gasteiger partial charge in [-0.05, 0) is 37.8 Å². The summed E-state index contributed by atoms with van der Waals surface area (Å²) in [6.45, 7) is 4.88. The number of rotatable bonds is 3. The van der Waals surface area contributed by atoms with Crippen LogP contribution in [0.15, 0.2) is 24.3 Å². The predicted octanol–water partition coefficient (Wildman–Crippen LogP) is 2.25. The first-order valence-electron chi connectivity index (χ1n) is 9.48. The largest absolute Gasteiger partial charge is 0.378 e. The van der Waals surface area contributed by atoms with Crippen LogP contribution in [-0.4, -0.2) is 52.6 Å². The number of aryl methyl sites for hydroxylation is 1. The Bertz CT molecular complexity index is 868. The second-order valence-corrected chi connectivity index (χ2v) is 7.01. The number of nitrogens with zero attached hydrogens (tertiary/aromatic N) is 3. The summed E-state index contributed by atoms with van der Waals surface area (Å²) in [5, 5.41) is 2.95. The average Bonchev–Trinajstić information content (AvgIpc) is 3.10. The molecular weight excluding hydrogens is 344 g/mol. The fourth-order valence-electron chi connectivity index (χ4n) is 3.69. The first kappa shape index (κ1) is 17.7. The van der Waals surface area contributed by atoms with Gasteiger partial charge in [0.1, 0.15) is 0 Å². The Morgan fingerprint density at radius 2 is 1.89 bits per heavy atom. The molecule has 142 valence electrons. The molecule has 1 N–H and O–H groups in total. The lowest BCUT2D eigenvalue weighted by molar-refractivity contribution is 0.0291. The molecular formula is C20H24N4O3. The predicted molar refractivity (Wildman–Crippen MR) is 101 cm³/mol. The Balaban J connectivity index is 1.65. The molecule has 7 nitrogen and oxygen atoms in total. The summed E-state index contributed by atoms with van der Waals surface area (Å²) >= 11 is 0. The Kier molecular flexibility index (Phi) is 4.94. The Morgan fingerprint density at radius 1 is 1.11 bits per heavy atom. The van der Waals surface area contributed by atoms with Gasteiger partial charge in [-0.3, -0.25) is 9.59 Å². The van der Waals surface area contributed by atoms with Crippen LogP contribution in [0, 0.1) is 6.92 Å². The molecule has 2 aromatic rings. The van der Waals surface area contributed by atoms with Crippen LogP contribution in [0.4, 0.5) is 5.69 Å². The highest BCUT2D eigenvalue weighted by atomic mass is 16.5. The molecule has 0 saturated carbocycles. The van der Waals surface area contributed by atoms with Crippen LogP contribution < -0.4 is 5.32 Å². The quantitative estimate of drug-likeness (QED) is 0.902. The third-order valence-corrected chi connectivity index (χ3v) is 5.22. The minimum absolute atomic E-state index is 0.114. The molecule has 2 amide bonds. The molecule has 1 aromatic carbocycles. The molecule has 0 radical (unpaired) electrons. The van der Waals surface area contributed by atoms with E-state index in [1.165, 1.54) is 0 Å². The molecule has 0 bridgehead atoms. The molecule has 0 unspecified atom stereocenters. The second kappa shape index (κ2) is 7.52. The van der Waals surface area contributed by atoms with E-state index < -0.39 is 0 Å². The minimum atomic E-state index is -0.254. The van der Waals surface area contributed by atoms with Crippen molar-refractivity contribution < 1.29 is 14.3 Å². The Morgan fingerprint density at radius 3 is 2.67 bits per heavy atom. The van der Waals surface area contributed by atoms with Gasteiger partial charge in [0.15, 0.2) is 11.5 Å². The SMILES string of the molecule is Cc1ccccc1NC(=O)c1nc(C(=O)N2CCOCC2)n2c1CCCC2. The van der Waals surface area contributed by atoms with E-state index in [-0.39, 0.29) is 11.8 Å². The zero-order valence-corrected chi connectivity index (χ0v) is 15.5. The van der Waals surface area contributed by atoms with Gasteiger partial charge in [0.2, 0.25) is 0 Å². The highest BCUT2D eigenvalue weighted by molar-refractivity contribution is 6.05. The van der Waals surface area contributed by atoms with E-state index in [1.54, 1.807) is 4.90 Å². The fourth-order valence-corrected chi connectivity index (χ4v) is 3.69. The molecule has 2 aliphatic rings. The van der Waals surface area contributed by atoms with Crippen molar-refractivity contribution in [1.82, 2.24) is 14.5 Å². The van der Waals surface area contributed by atoms with Gasteiger partial charge in [-0.15, -0.1) is 0 Å². The maximum Gasteiger partial charge on any atom is 0.290 e. The van der Waals surface area contributed by atoms with E-state index >= 15 is 0 Å². The number of morpholine rings is 1. The summed E-state index contributed by atoms with van der Waals surface area (Å²) in [5.41, 5.74) is 2.99. The first-order chi connectivity index (χ1) is 13.1. The maximum absolute atomic E-state index is 13.0. The molecule has 0 aliphatic carbocycles. The summed E-state index contributed by atoms with van der Waals surface area (Å²) in [6.07, 6.45) is 2.76. The van der Waals surface area contributed by atoms with Crippen molar-refractivity contribution in [1.29, 1.82) is 0 Å². The van der Waals surface area contributed by atoms with Crippen molar-refractivity contribution in [2.45, 2.75) is 32.7 Å². The van der Waals surface area contributed by atoms with Gasteiger partial charge < -0.3 is 19.5 Å². The first-order valence-corrected chi connectivity index (χ1v) is 9.48. The van der Waals surface area contributed by atoms with Crippen LogP contribution in [0.1, 0.15) is 45.2 Å². The zero-order valence-electron chi connectivity index (χ0n) is 15.5. The van der Waals surface area contributed by atoms with E-state index in [1.807, 2.05) is 35.8 Å². The number of imidazole rings is 1. The summed E-state index contributed by atoms with van der Waals surface area (Å²) in [5.74, 6) is 0.00824. The molecule has 0 atom stereocenters. The standard InChI is InChI=1S/C20H24N4O3/c1-14-6-2-3-7-15(14)21-19(25)17-16-8-4-5-9-24(16)18(22-17)20(26)23-10-12-27-13-11-23/h2-3,6-7H,4-5,8-13H2,1H3,(H,21,25). The van der Waals surface area contributed by atoms with Crippen LogP contribution in [-0.2, 0) is 17.7 Å². The van der Waals surface area contributed by atoms with E-state index in [4.69, 9.17) is 4.74 Å². The molecule has 27 heavy (non-hydrogen) atoms. The number of para-hydroxylation sites is 1. The van der Waals surface area contributed by atoms with Crippen molar-refractivity contribution in [2.24, 2.45) is 0 Å². The molecule has 1 fully saturated rings. The molecule has 7 heteroatoms. The number of hydrogen-bond donors (Lipinski definition) is 1. The van der Waals surface area contributed by atoms with Gasteiger partial charge in [-0.1, -0.05) is 18.2 Å². The van der Waals surface area contributed by atoms with Gasteiger partial charge >= 0.3 is 0 Å². The van der Waals surface area contributed by atoms with E-state index in [2.05, 4.69) is 10.3 Å². The molecule has 4 rings (SSSR count). The number of ether oxygens (including phenoxy) is 1. The van der Waals surface area contributed by atoms with Crippen LogP contribution in [0.25, 0.3) is 0 Å². The summed E-state index contributed by atoms with van der Waals surface area (Å²) in [7, 11) is 0. The topological polar surface area (TPSA) is 76.5 Å². The molecule has 1 saturated heterocycles. The number of amides is 2.